The lowest BCUT2D eigenvalue weighted by atomic mass is 9.81. The van der Waals surface area contributed by atoms with Crippen LogP contribution in [0.15, 0.2) is 212 Å². The van der Waals surface area contributed by atoms with E-state index in [-0.39, 0.29) is 0 Å². The van der Waals surface area contributed by atoms with Crippen molar-refractivity contribution in [3.63, 3.8) is 0 Å². The quantitative estimate of drug-likeness (QED) is 0.162. The fourth-order valence-corrected chi connectivity index (χ4v) is 9.92. The summed E-state index contributed by atoms with van der Waals surface area (Å²) in [5, 5.41) is 12.7. The number of aryl methyl sites for hydroxylation is 2. The summed E-state index contributed by atoms with van der Waals surface area (Å²) >= 11 is 0. The van der Waals surface area contributed by atoms with Crippen LogP contribution in [-0.2, 0) is 12.8 Å². The van der Waals surface area contributed by atoms with Crippen molar-refractivity contribution in [2.45, 2.75) is 12.8 Å². The molecular formula is C58H39N. The van der Waals surface area contributed by atoms with Gasteiger partial charge in [-0.1, -0.05) is 170 Å². The summed E-state index contributed by atoms with van der Waals surface area (Å²) in [5.74, 6) is 0. The molecule has 0 saturated heterocycles. The first-order chi connectivity index (χ1) is 29.3. The van der Waals surface area contributed by atoms with E-state index >= 15 is 0 Å². The molecule has 1 heteroatoms. The van der Waals surface area contributed by atoms with E-state index < -0.39 is 0 Å². The number of hydrogen-bond acceptors (Lipinski definition) is 1. The summed E-state index contributed by atoms with van der Waals surface area (Å²) in [7, 11) is 0. The second-order valence-electron chi connectivity index (χ2n) is 16.0. The highest BCUT2D eigenvalue weighted by molar-refractivity contribution is 6.33. The fourth-order valence-electron chi connectivity index (χ4n) is 9.92. The van der Waals surface area contributed by atoms with E-state index in [0.717, 1.165) is 12.8 Å². The lowest BCUT2D eigenvalue weighted by molar-refractivity contribution is 0.981. The molecule has 11 aromatic rings. The van der Waals surface area contributed by atoms with Crippen LogP contribution in [0.25, 0.3) is 87.2 Å². The molecule has 0 fully saturated rings. The van der Waals surface area contributed by atoms with Gasteiger partial charge < -0.3 is 4.90 Å². The van der Waals surface area contributed by atoms with Gasteiger partial charge in [-0.25, -0.2) is 0 Å². The number of hydrogen-bond donors (Lipinski definition) is 0. The zero-order valence-corrected chi connectivity index (χ0v) is 32.6. The third kappa shape index (κ3) is 5.47. The molecule has 59 heavy (non-hydrogen) atoms. The molecule has 0 saturated carbocycles. The first-order valence-corrected chi connectivity index (χ1v) is 20.7. The number of anilines is 3. The van der Waals surface area contributed by atoms with Gasteiger partial charge in [0.15, 0.2) is 0 Å². The summed E-state index contributed by atoms with van der Waals surface area (Å²) in [5.41, 5.74) is 13.8. The molecule has 0 spiro atoms. The molecule has 12 rings (SSSR count). The van der Waals surface area contributed by atoms with Crippen molar-refractivity contribution in [1.82, 2.24) is 0 Å². The van der Waals surface area contributed by atoms with Gasteiger partial charge in [0.05, 0.1) is 0 Å². The first kappa shape index (κ1) is 33.6. The molecule has 0 unspecified atom stereocenters. The van der Waals surface area contributed by atoms with Gasteiger partial charge in [0.1, 0.15) is 0 Å². The Kier molecular flexibility index (Phi) is 7.74. The molecule has 0 aliphatic carbocycles. The largest absolute Gasteiger partial charge is 0.310 e. The fraction of sp³-hybridized carbons (Fsp3) is 0.0345. The molecule has 0 N–H and O–H groups in total. The van der Waals surface area contributed by atoms with E-state index in [1.807, 2.05) is 0 Å². The molecule has 1 heterocycles. The van der Waals surface area contributed by atoms with Crippen LogP contribution in [0.3, 0.4) is 0 Å². The van der Waals surface area contributed by atoms with Crippen LogP contribution in [0.1, 0.15) is 11.1 Å². The Morgan fingerprint density at radius 2 is 0.763 bits per heavy atom. The average Bonchev–Trinajstić information content (AvgIpc) is 3.46. The maximum absolute atomic E-state index is 2.56. The summed E-state index contributed by atoms with van der Waals surface area (Å²) in [4.78, 5) is 2.56. The Labute approximate surface area is 344 Å². The number of rotatable bonds is 4. The van der Waals surface area contributed by atoms with E-state index in [9.17, 15) is 0 Å². The predicted molar refractivity (Wildman–Crippen MR) is 252 cm³/mol. The molecule has 0 atom stereocenters. The Morgan fingerprint density at radius 1 is 0.305 bits per heavy atom. The van der Waals surface area contributed by atoms with E-state index in [0.29, 0.717) is 0 Å². The van der Waals surface area contributed by atoms with Crippen LogP contribution in [0.5, 0.6) is 0 Å². The predicted octanol–water partition coefficient (Wildman–Crippen LogP) is 16.0. The molecular weight excluding hydrogens is 711 g/mol. The molecule has 0 aromatic heterocycles. The van der Waals surface area contributed by atoms with Crippen LogP contribution in [0, 0.1) is 0 Å². The number of benzene rings is 11. The monoisotopic (exact) mass is 749 g/mol. The van der Waals surface area contributed by atoms with E-state index in [1.54, 1.807) is 0 Å². The van der Waals surface area contributed by atoms with Crippen molar-refractivity contribution < 1.29 is 0 Å². The smallest absolute Gasteiger partial charge is 0.0500 e. The minimum absolute atomic E-state index is 0.980. The van der Waals surface area contributed by atoms with Gasteiger partial charge in [-0.15, -0.1) is 0 Å². The van der Waals surface area contributed by atoms with E-state index in [1.165, 1.54) is 115 Å². The molecule has 0 radical (unpaired) electrons. The lowest BCUT2D eigenvalue weighted by Gasteiger charge is -2.29. The summed E-state index contributed by atoms with van der Waals surface area (Å²) < 4.78 is 0. The van der Waals surface area contributed by atoms with Crippen molar-refractivity contribution in [3.8, 4) is 33.4 Å². The van der Waals surface area contributed by atoms with Crippen LogP contribution in [-0.4, -0.2) is 0 Å². The molecule has 1 aliphatic heterocycles. The van der Waals surface area contributed by atoms with Crippen LogP contribution < -0.4 is 4.90 Å². The molecule has 1 aliphatic rings. The number of fused-ring (bicyclic) bond motifs is 10. The lowest BCUT2D eigenvalue weighted by Crippen LogP contribution is -2.12. The zero-order valence-electron chi connectivity index (χ0n) is 32.6. The van der Waals surface area contributed by atoms with Crippen LogP contribution in [0.4, 0.5) is 17.1 Å². The normalized spacial score (nSPS) is 12.6. The zero-order chi connectivity index (χ0) is 38.9. The molecule has 11 aromatic carbocycles. The van der Waals surface area contributed by atoms with Gasteiger partial charge in [-0.05, 0) is 154 Å². The van der Waals surface area contributed by atoms with Gasteiger partial charge in [-0.2, -0.15) is 0 Å². The topological polar surface area (TPSA) is 3.24 Å². The Bertz CT molecular complexity index is 3330. The Morgan fingerprint density at radius 3 is 1.34 bits per heavy atom. The average molecular weight is 750 g/mol. The second-order valence-corrected chi connectivity index (χ2v) is 16.0. The second kappa shape index (κ2) is 13.6. The molecule has 1 nitrogen and oxygen atoms in total. The SMILES string of the molecule is c1ccc(-c2cc(-c3ccccc3)c3c4ccccc4c4cc(N5c6cc7ccccc7cc6CCc6cc7ccccc7cc65)ccc4c3c2-c2ccccc2)cc1. The highest BCUT2D eigenvalue weighted by Crippen LogP contribution is 2.51. The maximum atomic E-state index is 2.56. The molecule has 276 valence electrons. The Hall–Kier alpha value is -7.48. The minimum atomic E-state index is 0.980. The molecule has 0 bridgehead atoms. The van der Waals surface area contributed by atoms with E-state index in [2.05, 4.69) is 217 Å². The van der Waals surface area contributed by atoms with Gasteiger partial charge in [0, 0.05) is 17.1 Å². The van der Waals surface area contributed by atoms with Crippen molar-refractivity contribution in [3.05, 3.63) is 223 Å². The number of nitrogens with zero attached hydrogens (tertiary/aromatic N) is 1. The summed E-state index contributed by atoms with van der Waals surface area (Å²) in [6.07, 6.45) is 1.96. The first-order valence-electron chi connectivity index (χ1n) is 20.7. The van der Waals surface area contributed by atoms with Crippen molar-refractivity contribution >= 4 is 70.9 Å². The molecule has 0 amide bonds. The van der Waals surface area contributed by atoms with Crippen LogP contribution in [0.2, 0.25) is 0 Å². The minimum Gasteiger partial charge on any atom is -0.310 e. The summed E-state index contributed by atoms with van der Waals surface area (Å²) in [6, 6.07) is 79.0. The van der Waals surface area contributed by atoms with Crippen molar-refractivity contribution in [2.24, 2.45) is 0 Å². The third-order valence-corrected chi connectivity index (χ3v) is 12.6. The van der Waals surface area contributed by atoms with Gasteiger partial charge in [0.2, 0.25) is 0 Å². The third-order valence-electron chi connectivity index (χ3n) is 12.6. The highest BCUT2D eigenvalue weighted by atomic mass is 15.1. The van der Waals surface area contributed by atoms with E-state index in [4.69, 9.17) is 0 Å². The van der Waals surface area contributed by atoms with Gasteiger partial charge in [0.25, 0.3) is 0 Å². The standard InChI is InChI=1S/C58H39N/c1-4-16-38(17-5-1)51-37-52(39-18-6-2-7-19-39)57-49-27-15-14-26-48(49)53-36-47(30-31-50(53)58(57)56(51)40-20-8-3-9-21-40)59-54-34-43-24-12-10-22-41(43)32-45(54)28-29-46-33-42-23-11-13-25-44(42)35-55(46)59/h1-27,30-37H,28-29H2. The Balaban J connectivity index is 1.23. The maximum Gasteiger partial charge on any atom is 0.0500 e. The van der Waals surface area contributed by atoms with Gasteiger partial charge >= 0.3 is 0 Å². The summed E-state index contributed by atoms with van der Waals surface area (Å²) in [6.45, 7) is 0. The van der Waals surface area contributed by atoms with Crippen LogP contribution >= 0.6 is 0 Å². The highest BCUT2D eigenvalue weighted by Gasteiger charge is 2.26. The van der Waals surface area contributed by atoms with Crippen molar-refractivity contribution in [2.75, 3.05) is 4.90 Å². The van der Waals surface area contributed by atoms with Crippen molar-refractivity contribution in [1.29, 1.82) is 0 Å². The van der Waals surface area contributed by atoms with Gasteiger partial charge in [-0.3, -0.25) is 0 Å².